The topological polar surface area (TPSA) is 38.3 Å². The Balaban J connectivity index is 2.87. The molecule has 0 atom stereocenters. The van der Waals surface area contributed by atoms with Crippen molar-refractivity contribution in [3.63, 3.8) is 0 Å². The summed E-state index contributed by atoms with van der Waals surface area (Å²) >= 11 is 0. The molecule has 1 aromatic rings. The Morgan fingerprint density at radius 2 is 2.00 bits per heavy atom. The summed E-state index contributed by atoms with van der Waals surface area (Å²) in [4.78, 5) is 10.8. The minimum absolute atomic E-state index is 0.285. The Kier molecular flexibility index (Phi) is 3.41. The molecule has 0 saturated heterocycles. The first-order valence-corrected chi connectivity index (χ1v) is 4.42. The highest BCUT2D eigenvalue weighted by Gasteiger charge is 2.31. The molecule has 1 rings (SSSR count). The summed E-state index contributed by atoms with van der Waals surface area (Å²) in [6.45, 7) is 2.90. The van der Waals surface area contributed by atoms with E-state index in [0.29, 0.717) is 11.3 Å². The molecule has 16 heavy (non-hydrogen) atoms. The summed E-state index contributed by atoms with van der Waals surface area (Å²) in [6.07, 6.45) is -4.71. The van der Waals surface area contributed by atoms with E-state index < -0.39 is 6.36 Å². The second-order valence-corrected chi connectivity index (χ2v) is 3.21. The third kappa shape index (κ3) is 3.80. The van der Waals surface area contributed by atoms with E-state index in [1.165, 1.54) is 19.1 Å². The van der Waals surface area contributed by atoms with Gasteiger partial charge in [0.15, 0.2) is 0 Å². The summed E-state index contributed by atoms with van der Waals surface area (Å²) in [7, 11) is 0. The van der Waals surface area contributed by atoms with Gasteiger partial charge in [-0.1, -0.05) is 0 Å². The van der Waals surface area contributed by atoms with E-state index in [0.717, 1.165) is 6.07 Å². The van der Waals surface area contributed by atoms with Gasteiger partial charge in [-0.05, 0) is 30.7 Å². The van der Waals surface area contributed by atoms with Gasteiger partial charge in [0.25, 0.3) is 0 Å². The fourth-order valence-corrected chi connectivity index (χ4v) is 1.16. The van der Waals surface area contributed by atoms with Gasteiger partial charge in [-0.25, -0.2) is 0 Å². The second-order valence-electron chi connectivity index (χ2n) is 3.21. The van der Waals surface area contributed by atoms with Crippen LogP contribution in [0.5, 0.6) is 5.75 Å². The molecule has 0 aliphatic carbocycles. The molecule has 1 amide bonds. The molecule has 0 fully saturated rings. The number of carbonyl (C=O) groups excluding carboxylic acids is 1. The molecule has 1 aromatic carbocycles. The lowest BCUT2D eigenvalue weighted by Crippen LogP contribution is -2.17. The van der Waals surface area contributed by atoms with Crippen LogP contribution in [0.25, 0.3) is 0 Å². The van der Waals surface area contributed by atoms with Crippen molar-refractivity contribution in [1.82, 2.24) is 0 Å². The lowest BCUT2D eigenvalue weighted by Gasteiger charge is -2.11. The van der Waals surface area contributed by atoms with Gasteiger partial charge in [-0.2, -0.15) is 0 Å². The number of anilines is 1. The fraction of sp³-hybridized carbons (Fsp3) is 0.300. The Morgan fingerprint density at radius 1 is 1.38 bits per heavy atom. The van der Waals surface area contributed by atoms with Gasteiger partial charge in [0, 0.05) is 12.6 Å². The van der Waals surface area contributed by atoms with Crippen LogP contribution in [0.4, 0.5) is 18.9 Å². The molecule has 0 aromatic heterocycles. The monoisotopic (exact) mass is 233 g/mol. The van der Waals surface area contributed by atoms with Gasteiger partial charge in [0.1, 0.15) is 5.75 Å². The molecule has 0 spiro atoms. The first kappa shape index (κ1) is 12.4. The predicted octanol–water partition coefficient (Wildman–Crippen LogP) is 2.85. The van der Waals surface area contributed by atoms with Crippen molar-refractivity contribution in [2.45, 2.75) is 20.2 Å². The van der Waals surface area contributed by atoms with E-state index >= 15 is 0 Å². The maximum absolute atomic E-state index is 11.9. The normalized spacial score (nSPS) is 11.1. The van der Waals surface area contributed by atoms with Crippen LogP contribution in [0.1, 0.15) is 12.5 Å². The molecule has 0 heterocycles. The lowest BCUT2D eigenvalue weighted by molar-refractivity contribution is -0.274. The van der Waals surface area contributed by atoms with Crippen molar-refractivity contribution in [3.05, 3.63) is 23.8 Å². The van der Waals surface area contributed by atoms with E-state index in [9.17, 15) is 18.0 Å². The number of amides is 1. The summed E-state index contributed by atoms with van der Waals surface area (Å²) in [6, 6.07) is 3.71. The van der Waals surface area contributed by atoms with Gasteiger partial charge < -0.3 is 10.1 Å². The van der Waals surface area contributed by atoms with Gasteiger partial charge in [0.2, 0.25) is 5.91 Å². The zero-order valence-electron chi connectivity index (χ0n) is 8.68. The standard InChI is InChI=1S/C10H10F3NO2/c1-6-5-8(16-10(11,12)13)3-4-9(6)14-7(2)15/h3-5H,1-2H3,(H,14,15). The van der Waals surface area contributed by atoms with Crippen LogP contribution < -0.4 is 10.1 Å². The van der Waals surface area contributed by atoms with Crippen LogP contribution in [0.3, 0.4) is 0 Å². The molecule has 1 N–H and O–H groups in total. The zero-order valence-corrected chi connectivity index (χ0v) is 8.68. The summed E-state index contributed by atoms with van der Waals surface area (Å²) in [5, 5.41) is 2.49. The molecule has 0 bridgehead atoms. The lowest BCUT2D eigenvalue weighted by atomic mass is 10.2. The van der Waals surface area contributed by atoms with Gasteiger partial charge >= 0.3 is 6.36 Å². The third-order valence-electron chi connectivity index (χ3n) is 1.74. The van der Waals surface area contributed by atoms with Crippen LogP contribution in [-0.2, 0) is 4.79 Å². The largest absolute Gasteiger partial charge is 0.573 e. The summed E-state index contributed by atoms with van der Waals surface area (Å²) in [5.41, 5.74) is 0.957. The average molecular weight is 233 g/mol. The quantitative estimate of drug-likeness (QED) is 0.852. The van der Waals surface area contributed by atoms with Gasteiger partial charge in [0.05, 0.1) is 0 Å². The van der Waals surface area contributed by atoms with Crippen molar-refractivity contribution in [3.8, 4) is 5.75 Å². The molecular weight excluding hydrogens is 223 g/mol. The van der Waals surface area contributed by atoms with E-state index in [1.807, 2.05) is 0 Å². The van der Waals surface area contributed by atoms with Crippen LogP contribution in [0.2, 0.25) is 0 Å². The SMILES string of the molecule is CC(=O)Nc1ccc(OC(F)(F)F)cc1C. The highest BCUT2D eigenvalue weighted by molar-refractivity contribution is 5.89. The molecule has 6 heteroatoms. The van der Waals surface area contributed by atoms with E-state index in [-0.39, 0.29) is 11.7 Å². The molecule has 3 nitrogen and oxygen atoms in total. The van der Waals surface area contributed by atoms with Crippen molar-refractivity contribution >= 4 is 11.6 Å². The van der Waals surface area contributed by atoms with Crippen molar-refractivity contribution < 1.29 is 22.7 Å². The highest BCUT2D eigenvalue weighted by Crippen LogP contribution is 2.26. The molecule has 0 unspecified atom stereocenters. The maximum atomic E-state index is 11.9. The van der Waals surface area contributed by atoms with E-state index in [2.05, 4.69) is 10.1 Å². The van der Waals surface area contributed by atoms with Crippen LogP contribution in [-0.4, -0.2) is 12.3 Å². The van der Waals surface area contributed by atoms with Crippen LogP contribution >= 0.6 is 0 Å². The molecule has 0 radical (unpaired) electrons. The first-order valence-electron chi connectivity index (χ1n) is 4.42. The number of benzene rings is 1. The molecule has 0 saturated carbocycles. The van der Waals surface area contributed by atoms with Gasteiger partial charge in [-0.15, -0.1) is 13.2 Å². The van der Waals surface area contributed by atoms with Crippen LogP contribution in [0, 0.1) is 6.92 Å². The summed E-state index contributed by atoms with van der Waals surface area (Å²) in [5.74, 6) is -0.591. The smallest absolute Gasteiger partial charge is 0.406 e. The van der Waals surface area contributed by atoms with Crippen molar-refractivity contribution in [2.24, 2.45) is 0 Å². The molecule has 88 valence electrons. The summed E-state index contributed by atoms with van der Waals surface area (Å²) < 4.78 is 39.4. The minimum Gasteiger partial charge on any atom is -0.406 e. The van der Waals surface area contributed by atoms with Gasteiger partial charge in [-0.3, -0.25) is 4.79 Å². The Hall–Kier alpha value is -1.72. The number of hydrogen-bond acceptors (Lipinski definition) is 2. The number of alkyl halides is 3. The Labute approximate surface area is 90.2 Å². The molecule has 0 aliphatic heterocycles. The Morgan fingerprint density at radius 3 is 2.44 bits per heavy atom. The molecule has 0 aliphatic rings. The van der Waals surface area contributed by atoms with E-state index in [4.69, 9.17) is 0 Å². The maximum Gasteiger partial charge on any atom is 0.573 e. The number of carbonyl (C=O) groups is 1. The van der Waals surface area contributed by atoms with E-state index in [1.54, 1.807) is 6.92 Å². The highest BCUT2D eigenvalue weighted by atomic mass is 19.4. The first-order chi connectivity index (χ1) is 7.28. The predicted molar refractivity (Wildman–Crippen MR) is 52.2 cm³/mol. The third-order valence-corrected chi connectivity index (χ3v) is 1.74. The van der Waals surface area contributed by atoms with Crippen molar-refractivity contribution in [2.75, 3.05) is 5.32 Å². The number of rotatable bonds is 2. The number of nitrogens with one attached hydrogen (secondary N) is 1. The average Bonchev–Trinajstić information content (AvgIpc) is 2.06. The zero-order chi connectivity index (χ0) is 12.3. The minimum atomic E-state index is -4.71. The fourth-order valence-electron chi connectivity index (χ4n) is 1.16. The Bertz CT molecular complexity index is 402. The number of aryl methyl sites for hydroxylation is 1. The second kappa shape index (κ2) is 4.42. The number of ether oxygens (including phenoxy) is 1. The number of halogens is 3. The van der Waals surface area contributed by atoms with Crippen molar-refractivity contribution in [1.29, 1.82) is 0 Å². The number of hydrogen-bond donors (Lipinski definition) is 1. The molecular formula is C10H10F3NO2. The van der Waals surface area contributed by atoms with Crippen LogP contribution in [0.15, 0.2) is 18.2 Å².